The maximum atomic E-state index is 12.4. The minimum Gasteiger partial charge on any atom is -0.479 e. The maximum Gasteiger partial charge on any atom is 0.330 e. The molecule has 7 nitrogen and oxygen atoms in total. The van der Waals surface area contributed by atoms with Crippen LogP contribution in [0.3, 0.4) is 0 Å². The van der Waals surface area contributed by atoms with Gasteiger partial charge in [-0.2, -0.15) is 0 Å². The van der Waals surface area contributed by atoms with Gasteiger partial charge in [0, 0.05) is 13.1 Å². The maximum absolute atomic E-state index is 12.4. The number of carboxylic acids is 1. The number of carbonyl (C=O) groups excluding carboxylic acids is 1. The standard InChI is InChI=1S/C15H20N2O5S/c1-23(21,22)17-9-5-8-12(10-17)14(18)16-13(15(19)20)11-6-3-2-4-7-11/h2-4,6-7,12-13H,5,8-10H2,1H3,(H,16,18)(H,19,20)/t12-,13-/m1/s1. The van der Waals surface area contributed by atoms with Gasteiger partial charge in [0.2, 0.25) is 15.9 Å². The number of nitrogens with zero attached hydrogens (tertiary/aromatic N) is 1. The van der Waals surface area contributed by atoms with E-state index in [-0.39, 0.29) is 6.54 Å². The summed E-state index contributed by atoms with van der Waals surface area (Å²) < 4.78 is 24.5. The predicted octanol–water partition coefficient (Wildman–Crippen LogP) is 0.600. The van der Waals surface area contributed by atoms with E-state index in [1.165, 1.54) is 4.31 Å². The van der Waals surface area contributed by atoms with Crippen LogP contribution in [0.5, 0.6) is 0 Å². The highest BCUT2D eigenvalue weighted by molar-refractivity contribution is 7.88. The van der Waals surface area contributed by atoms with Gasteiger partial charge >= 0.3 is 5.97 Å². The fourth-order valence-electron chi connectivity index (χ4n) is 2.65. The van der Waals surface area contributed by atoms with Crippen LogP contribution in [0.1, 0.15) is 24.4 Å². The second kappa shape index (κ2) is 7.10. The molecule has 0 bridgehead atoms. The van der Waals surface area contributed by atoms with Gasteiger partial charge in [0.25, 0.3) is 0 Å². The third-order valence-corrected chi connectivity index (χ3v) is 5.16. The van der Waals surface area contributed by atoms with Crippen molar-refractivity contribution in [3.8, 4) is 0 Å². The first-order valence-corrected chi connectivity index (χ1v) is 9.17. The normalized spacial score (nSPS) is 20.7. The Bertz CT molecular complexity index is 674. The molecule has 1 aliphatic heterocycles. The Labute approximate surface area is 135 Å². The van der Waals surface area contributed by atoms with Gasteiger partial charge in [-0.1, -0.05) is 30.3 Å². The van der Waals surface area contributed by atoms with Crippen molar-refractivity contribution in [3.63, 3.8) is 0 Å². The van der Waals surface area contributed by atoms with Gasteiger partial charge in [-0.3, -0.25) is 4.79 Å². The third kappa shape index (κ3) is 4.52. The van der Waals surface area contributed by atoms with Crippen LogP contribution in [0.4, 0.5) is 0 Å². The Hall–Kier alpha value is -1.93. The number of aliphatic carboxylic acids is 1. The van der Waals surface area contributed by atoms with E-state index in [2.05, 4.69) is 5.32 Å². The lowest BCUT2D eigenvalue weighted by molar-refractivity contribution is -0.143. The lowest BCUT2D eigenvalue weighted by Gasteiger charge is -2.30. The van der Waals surface area contributed by atoms with Gasteiger partial charge < -0.3 is 10.4 Å². The lowest BCUT2D eigenvalue weighted by Crippen LogP contribution is -2.46. The van der Waals surface area contributed by atoms with Crippen molar-refractivity contribution in [1.82, 2.24) is 9.62 Å². The monoisotopic (exact) mass is 340 g/mol. The SMILES string of the molecule is CS(=O)(=O)N1CCC[C@@H](C(=O)N[C@@H](C(=O)O)c2ccccc2)C1. The smallest absolute Gasteiger partial charge is 0.330 e. The molecule has 1 amide bonds. The van der Waals surface area contributed by atoms with E-state index in [0.717, 1.165) is 6.26 Å². The van der Waals surface area contributed by atoms with Crippen LogP contribution in [0.15, 0.2) is 30.3 Å². The third-order valence-electron chi connectivity index (χ3n) is 3.89. The van der Waals surface area contributed by atoms with Crippen LogP contribution in [-0.2, 0) is 19.6 Å². The molecule has 8 heteroatoms. The van der Waals surface area contributed by atoms with Crippen molar-refractivity contribution in [3.05, 3.63) is 35.9 Å². The number of hydrogen-bond acceptors (Lipinski definition) is 4. The van der Waals surface area contributed by atoms with E-state index in [1.54, 1.807) is 30.3 Å². The van der Waals surface area contributed by atoms with Crippen molar-refractivity contribution in [2.24, 2.45) is 5.92 Å². The van der Waals surface area contributed by atoms with Crippen LogP contribution in [0.25, 0.3) is 0 Å². The molecule has 0 unspecified atom stereocenters. The average Bonchev–Trinajstić information content (AvgIpc) is 2.52. The zero-order chi connectivity index (χ0) is 17.0. The summed E-state index contributed by atoms with van der Waals surface area (Å²) in [6, 6.07) is 7.27. The van der Waals surface area contributed by atoms with Gasteiger partial charge in [-0.05, 0) is 18.4 Å². The van der Waals surface area contributed by atoms with Crippen LogP contribution in [0.2, 0.25) is 0 Å². The molecule has 2 rings (SSSR count). The fourth-order valence-corrected chi connectivity index (χ4v) is 3.56. The highest BCUT2D eigenvalue weighted by Gasteiger charge is 2.32. The summed E-state index contributed by atoms with van der Waals surface area (Å²) in [5.74, 6) is -2.13. The molecule has 1 aliphatic rings. The van der Waals surface area contributed by atoms with E-state index < -0.39 is 33.9 Å². The molecular formula is C15H20N2O5S. The Morgan fingerprint density at radius 1 is 1.30 bits per heavy atom. The summed E-state index contributed by atoms with van der Waals surface area (Å²) in [5.41, 5.74) is 0.476. The topological polar surface area (TPSA) is 104 Å². The summed E-state index contributed by atoms with van der Waals surface area (Å²) in [6.07, 6.45) is 2.23. The number of carbonyl (C=O) groups is 2. The zero-order valence-electron chi connectivity index (χ0n) is 12.8. The van der Waals surface area contributed by atoms with Crippen LogP contribution >= 0.6 is 0 Å². The molecule has 0 aromatic heterocycles. The first-order chi connectivity index (χ1) is 10.8. The molecule has 2 atom stereocenters. The van der Waals surface area contributed by atoms with Gasteiger partial charge in [0.1, 0.15) is 0 Å². The van der Waals surface area contributed by atoms with Crippen molar-refractivity contribution in [1.29, 1.82) is 0 Å². The van der Waals surface area contributed by atoms with Crippen molar-refractivity contribution >= 4 is 21.9 Å². The Kier molecular flexibility index (Phi) is 5.38. The zero-order valence-corrected chi connectivity index (χ0v) is 13.6. The second-order valence-corrected chi connectivity index (χ2v) is 7.63. The number of sulfonamides is 1. The molecule has 2 N–H and O–H groups in total. The lowest BCUT2D eigenvalue weighted by atomic mass is 9.97. The van der Waals surface area contributed by atoms with E-state index in [9.17, 15) is 23.1 Å². The first-order valence-electron chi connectivity index (χ1n) is 7.32. The van der Waals surface area contributed by atoms with Gasteiger partial charge in [-0.25, -0.2) is 17.5 Å². The van der Waals surface area contributed by atoms with Crippen LogP contribution < -0.4 is 5.32 Å². The second-order valence-electron chi connectivity index (χ2n) is 5.65. The molecule has 0 radical (unpaired) electrons. The molecule has 23 heavy (non-hydrogen) atoms. The quantitative estimate of drug-likeness (QED) is 0.817. The predicted molar refractivity (Wildman–Crippen MR) is 84.1 cm³/mol. The number of benzene rings is 1. The summed E-state index contributed by atoms with van der Waals surface area (Å²) in [5, 5.41) is 11.8. The van der Waals surface area contributed by atoms with Crippen LogP contribution in [-0.4, -0.2) is 49.1 Å². The highest BCUT2D eigenvalue weighted by Crippen LogP contribution is 2.21. The van der Waals surface area contributed by atoms with Crippen molar-refractivity contribution < 1.29 is 23.1 Å². The Morgan fingerprint density at radius 2 is 1.96 bits per heavy atom. The number of amides is 1. The highest BCUT2D eigenvalue weighted by atomic mass is 32.2. The molecule has 1 aromatic carbocycles. The number of nitrogens with one attached hydrogen (secondary N) is 1. The van der Waals surface area contributed by atoms with Gasteiger partial charge in [0.15, 0.2) is 6.04 Å². The minimum atomic E-state index is -3.35. The molecule has 0 spiro atoms. The number of rotatable bonds is 5. The largest absolute Gasteiger partial charge is 0.479 e. The average molecular weight is 340 g/mol. The van der Waals surface area contributed by atoms with E-state index in [4.69, 9.17) is 0 Å². The van der Waals surface area contributed by atoms with Crippen molar-refractivity contribution in [2.45, 2.75) is 18.9 Å². The minimum absolute atomic E-state index is 0.0891. The molecule has 1 aromatic rings. The molecule has 1 saturated heterocycles. The van der Waals surface area contributed by atoms with Gasteiger partial charge in [0.05, 0.1) is 12.2 Å². The Morgan fingerprint density at radius 3 is 2.52 bits per heavy atom. The molecule has 1 heterocycles. The summed E-state index contributed by atoms with van der Waals surface area (Å²) in [6.45, 7) is 0.482. The number of piperidine rings is 1. The number of hydrogen-bond donors (Lipinski definition) is 2. The first kappa shape index (κ1) is 17.4. The summed E-state index contributed by atoms with van der Waals surface area (Å²) >= 11 is 0. The molecule has 0 saturated carbocycles. The summed E-state index contributed by atoms with van der Waals surface area (Å²) in [7, 11) is -3.35. The molecule has 0 aliphatic carbocycles. The number of carboxylic acid groups (broad SMARTS) is 1. The summed E-state index contributed by atoms with van der Waals surface area (Å²) in [4.78, 5) is 23.8. The molecule has 1 fully saturated rings. The van der Waals surface area contributed by atoms with E-state index >= 15 is 0 Å². The van der Waals surface area contributed by atoms with Crippen LogP contribution in [0, 0.1) is 5.92 Å². The Balaban J connectivity index is 2.09. The van der Waals surface area contributed by atoms with Gasteiger partial charge in [-0.15, -0.1) is 0 Å². The molecular weight excluding hydrogens is 320 g/mol. The van der Waals surface area contributed by atoms with E-state index in [1.807, 2.05) is 0 Å². The van der Waals surface area contributed by atoms with E-state index in [0.29, 0.717) is 24.9 Å². The molecule has 126 valence electrons. The fraction of sp³-hybridized carbons (Fsp3) is 0.467. The van der Waals surface area contributed by atoms with Crippen molar-refractivity contribution in [2.75, 3.05) is 19.3 Å².